The second-order valence-electron chi connectivity index (χ2n) is 4.43. The third-order valence-corrected chi connectivity index (χ3v) is 4.22. The molecule has 3 rings (SSSR count). The highest BCUT2D eigenvalue weighted by Gasteiger charge is 2.18. The summed E-state index contributed by atoms with van der Waals surface area (Å²) in [6.07, 6.45) is 1.30. The second kappa shape index (κ2) is 5.10. The summed E-state index contributed by atoms with van der Waals surface area (Å²) in [6.45, 7) is 1.69. The Balaban J connectivity index is 2.01. The maximum Gasteiger partial charge on any atom is 0.266 e. The van der Waals surface area contributed by atoms with Gasteiger partial charge in [-0.15, -0.1) is 11.3 Å². The lowest BCUT2D eigenvalue weighted by Gasteiger charge is -2.04. The number of amides is 1. The van der Waals surface area contributed by atoms with Crippen LogP contribution in [0.1, 0.15) is 15.2 Å². The van der Waals surface area contributed by atoms with Crippen molar-refractivity contribution >= 4 is 33.1 Å². The molecule has 2 aromatic heterocycles. The first kappa shape index (κ1) is 13.4. The van der Waals surface area contributed by atoms with Crippen LogP contribution >= 0.6 is 11.3 Å². The number of hydrogen-bond acceptors (Lipinski definition) is 4. The molecule has 0 bridgehead atoms. The smallest absolute Gasteiger partial charge is 0.266 e. The molecule has 0 saturated heterocycles. The van der Waals surface area contributed by atoms with Crippen LogP contribution in [0, 0.1) is 12.7 Å². The van der Waals surface area contributed by atoms with Gasteiger partial charge >= 0.3 is 0 Å². The van der Waals surface area contributed by atoms with Crippen LogP contribution in [-0.4, -0.2) is 15.9 Å². The van der Waals surface area contributed by atoms with Gasteiger partial charge in [0.25, 0.3) is 11.5 Å². The highest BCUT2D eigenvalue weighted by Crippen LogP contribution is 2.27. The summed E-state index contributed by atoms with van der Waals surface area (Å²) in [4.78, 5) is 31.5. The molecule has 1 aromatic carbocycles. The van der Waals surface area contributed by atoms with Crippen LogP contribution in [0.25, 0.3) is 10.2 Å². The quantitative estimate of drug-likeness (QED) is 0.764. The van der Waals surface area contributed by atoms with Crippen LogP contribution in [-0.2, 0) is 0 Å². The van der Waals surface area contributed by atoms with Crippen LogP contribution in [0.4, 0.5) is 10.1 Å². The molecule has 7 heteroatoms. The molecule has 5 nitrogen and oxygen atoms in total. The van der Waals surface area contributed by atoms with E-state index in [1.807, 2.05) is 0 Å². The van der Waals surface area contributed by atoms with Gasteiger partial charge in [-0.05, 0) is 30.7 Å². The Hall–Kier alpha value is -2.54. The molecule has 106 valence electrons. The largest absolute Gasteiger partial charge is 0.321 e. The predicted octanol–water partition coefficient (Wildman–Crippen LogP) is 2.68. The molecule has 0 spiro atoms. The number of aryl methyl sites for hydroxylation is 1. The van der Waals surface area contributed by atoms with Crippen molar-refractivity contribution in [2.24, 2.45) is 0 Å². The number of halogens is 1. The molecule has 2 N–H and O–H groups in total. The lowest BCUT2D eigenvalue weighted by atomic mass is 10.2. The number of hydrogen-bond donors (Lipinski definition) is 2. The van der Waals surface area contributed by atoms with E-state index >= 15 is 0 Å². The number of H-pyrrole nitrogens is 1. The molecule has 1 amide bonds. The van der Waals surface area contributed by atoms with Crippen molar-refractivity contribution in [3.8, 4) is 0 Å². The Morgan fingerprint density at radius 3 is 2.95 bits per heavy atom. The lowest BCUT2D eigenvalue weighted by Crippen LogP contribution is -2.12. The van der Waals surface area contributed by atoms with Gasteiger partial charge in [0.2, 0.25) is 0 Å². The van der Waals surface area contributed by atoms with E-state index in [0.29, 0.717) is 26.3 Å². The minimum Gasteiger partial charge on any atom is -0.321 e. The lowest BCUT2D eigenvalue weighted by molar-refractivity contribution is 0.103. The summed E-state index contributed by atoms with van der Waals surface area (Å²) in [6, 6.07) is 5.62. The summed E-state index contributed by atoms with van der Waals surface area (Å²) in [5.74, 6) is -0.820. The third kappa shape index (κ3) is 2.43. The Morgan fingerprint density at radius 1 is 1.43 bits per heavy atom. The Morgan fingerprint density at radius 2 is 2.24 bits per heavy atom. The van der Waals surface area contributed by atoms with Crippen molar-refractivity contribution in [1.29, 1.82) is 0 Å². The third-order valence-electron chi connectivity index (χ3n) is 3.02. The maximum absolute atomic E-state index is 13.1. The van der Waals surface area contributed by atoms with Gasteiger partial charge < -0.3 is 10.3 Å². The predicted molar refractivity (Wildman–Crippen MR) is 79.3 cm³/mol. The van der Waals surface area contributed by atoms with Crippen LogP contribution in [0.3, 0.4) is 0 Å². The average molecular weight is 303 g/mol. The van der Waals surface area contributed by atoms with E-state index in [1.165, 1.54) is 24.5 Å². The number of aromatic nitrogens is 2. The van der Waals surface area contributed by atoms with E-state index in [-0.39, 0.29) is 11.5 Å². The summed E-state index contributed by atoms with van der Waals surface area (Å²) in [5, 5.41) is 3.02. The number of fused-ring (bicyclic) bond motifs is 1. The van der Waals surface area contributed by atoms with Gasteiger partial charge in [-0.1, -0.05) is 6.07 Å². The summed E-state index contributed by atoms with van der Waals surface area (Å²) >= 11 is 1.13. The number of nitrogens with one attached hydrogen (secondary N) is 2. The molecule has 0 fully saturated rings. The molecule has 0 radical (unpaired) electrons. The average Bonchev–Trinajstić information content (AvgIpc) is 2.77. The summed E-state index contributed by atoms with van der Waals surface area (Å²) in [7, 11) is 0. The summed E-state index contributed by atoms with van der Waals surface area (Å²) < 4.78 is 13.1. The van der Waals surface area contributed by atoms with E-state index in [1.54, 1.807) is 13.0 Å². The van der Waals surface area contributed by atoms with Crippen LogP contribution in [0.2, 0.25) is 0 Å². The van der Waals surface area contributed by atoms with Crippen molar-refractivity contribution in [2.45, 2.75) is 6.92 Å². The summed E-state index contributed by atoms with van der Waals surface area (Å²) in [5.41, 5.74) is 0.649. The molecule has 0 aliphatic rings. The van der Waals surface area contributed by atoms with E-state index in [4.69, 9.17) is 0 Å². The number of anilines is 1. The zero-order valence-corrected chi connectivity index (χ0v) is 11.8. The molecule has 0 aliphatic carbocycles. The number of nitrogens with zero attached hydrogens (tertiary/aromatic N) is 1. The van der Waals surface area contributed by atoms with Gasteiger partial charge in [0.05, 0.1) is 16.6 Å². The number of thiophene rings is 1. The molecular formula is C14H10FN3O2S. The van der Waals surface area contributed by atoms with Crippen LogP contribution in [0.15, 0.2) is 35.4 Å². The first-order valence-corrected chi connectivity index (χ1v) is 6.91. The normalized spacial score (nSPS) is 10.8. The van der Waals surface area contributed by atoms with Gasteiger partial charge in [0, 0.05) is 5.69 Å². The van der Waals surface area contributed by atoms with E-state index in [2.05, 4.69) is 15.3 Å². The first-order chi connectivity index (χ1) is 10.1. The molecule has 21 heavy (non-hydrogen) atoms. The highest BCUT2D eigenvalue weighted by atomic mass is 32.1. The minimum absolute atomic E-state index is 0.279. The number of benzene rings is 1. The van der Waals surface area contributed by atoms with E-state index in [9.17, 15) is 14.0 Å². The second-order valence-corrected chi connectivity index (χ2v) is 5.43. The van der Waals surface area contributed by atoms with E-state index in [0.717, 1.165) is 11.3 Å². The Bertz CT molecular complexity index is 901. The molecule has 0 saturated carbocycles. The van der Waals surface area contributed by atoms with Crippen molar-refractivity contribution < 1.29 is 9.18 Å². The van der Waals surface area contributed by atoms with Crippen molar-refractivity contribution in [1.82, 2.24) is 9.97 Å². The number of carbonyl (C=O) groups is 1. The fraction of sp³-hybridized carbons (Fsp3) is 0.0714. The van der Waals surface area contributed by atoms with Gasteiger partial charge in [0.15, 0.2) is 0 Å². The fourth-order valence-electron chi connectivity index (χ4n) is 2.05. The molecule has 3 aromatic rings. The first-order valence-electron chi connectivity index (χ1n) is 6.10. The zero-order valence-electron chi connectivity index (χ0n) is 10.9. The fourth-order valence-corrected chi connectivity index (χ4v) is 3.09. The maximum atomic E-state index is 13.1. The number of carbonyl (C=O) groups excluding carboxylic acids is 1. The molecular weight excluding hydrogens is 293 g/mol. The SMILES string of the molecule is Cc1c(C(=O)Nc2cccc(F)c2)sc2nc[nH]c(=O)c12. The Kier molecular flexibility index (Phi) is 3.26. The van der Waals surface area contributed by atoms with E-state index < -0.39 is 5.82 Å². The highest BCUT2D eigenvalue weighted by molar-refractivity contribution is 7.20. The topological polar surface area (TPSA) is 74.8 Å². The van der Waals surface area contributed by atoms with Crippen molar-refractivity contribution in [2.75, 3.05) is 5.32 Å². The number of rotatable bonds is 2. The molecule has 2 heterocycles. The molecule has 0 aliphatic heterocycles. The standard InChI is InChI=1S/C14H10FN3O2S/c1-7-10-12(19)16-6-17-14(10)21-11(7)13(20)18-9-4-2-3-8(15)5-9/h2-6H,1H3,(H,18,20)(H,16,17,19). The van der Waals surface area contributed by atoms with Gasteiger partial charge in [0.1, 0.15) is 10.6 Å². The van der Waals surface area contributed by atoms with Crippen LogP contribution in [0.5, 0.6) is 0 Å². The minimum atomic E-state index is -0.432. The Labute approximate surface area is 122 Å². The zero-order chi connectivity index (χ0) is 15.0. The van der Waals surface area contributed by atoms with Crippen molar-refractivity contribution in [3.63, 3.8) is 0 Å². The molecule has 0 unspecified atom stereocenters. The van der Waals surface area contributed by atoms with Crippen molar-refractivity contribution in [3.05, 3.63) is 57.2 Å². The van der Waals surface area contributed by atoms with Gasteiger partial charge in [-0.2, -0.15) is 0 Å². The number of aromatic amines is 1. The van der Waals surface area contributed by atoms with Gasteiger partial charge in [-0.25, -0.2) is 9.37 Å². The van der Waals surface area contributed by atoms with Gasteiger partial charge in [-0.3, -0.25) is 9.59 Å². The molecule has 0 atom stereocenters. The van der Waals surface area contributed by atoms with Crippen LogP contribution < -0.4 is 10.9 Å². The monoisotopic (exact) mass is 303 g/mol.